The van der Waals surface area contributed by atoms with E-state index in [0.29, 0.717) is 46.0 Å². The van der Waals surface area contributed by atoms with E-state index in [4.69, 9.17) is 9.47 Å². The molecule has 0 amide bonds. The smallest absolute Gasteiger partial charge is 0.339 e. The lowest BCUT2D eigenvalue weighted by Gasteiger charge is -2.39. The van der Waals surface area contributed by atoms with Gasteiger partial charge in [0.05, 0.1) is 36.1 Å². The van der Waals surface area contributed by atoms with Crippen LogP contribution in [0.4, 0.5) is 11.4 Å². The fourth-order valence-corrected chi connectivity index (χ4v) is 10.1. The van der Waals surface area contributed by atoms with Crippen LogP contribution in [0, 0.1) is 30.9 Å². The van der Waals surface area contributed by atoms with E-state index in [1.165, 1.54) is 29.6 Å². The third kappa shape index (κ3) is 8.23. The molecule has 1 heterocycles. The molecule has 1 saturated heterocycles. The molecular weight excluding hydrogens is 750 g/mol. The fourth-order valence-electron chi connectivity index (χ4n) is 6.38. The molecule has 0 aliphatic carbocycles. The minimum Gasteiger partial charge on any atom is -0.467 e. The number of hydrogen-bond acceptors (Lipinski definition) is 9. The summed E-state index contributed by atoms with van der Waals surface area (Å²) in [5.41, 5.74) is 2.73. The van der Waals surface area contributed by atoms with Gasteiger partial charge in [0, 0.05) is 28.7 Å². The Bertz CT molecular complexity index is 1990. The van der Waals surface area contributed by atoms with Crippen molar-refractivity contribution in [3.8, 4) is 11.1 Å². The van der Waals surface area contributed by atoms with Gasteiger partial charge in [-0.2, -0.15) is 4.31 Å². The molecule has 1 aliphatic heterocycles. The van der Waals surface area contributed by atoms with Crippen LogP contribution >= 0.6 is 15.9 Å². The zero-order valence-electron chi connectivity index (χ0n) is 29.5. The van der Waals surface area contributed by atoms with Crippen LogP contribution in [0.3, 0.4) is 0 Å². The minimum atomic E-state index is -4.41. The second kappa shape index (κ2) is 15.1. The van der Waals surface area contributed by atoms with E-state index < -0.39 is 59.3 Å². The van der Waals surface area contributed by atoms with Crippen LogP contribution < -0.4 is 4.31 Å². The Balaban J connectivity index is 1.99. The van der Waals surface area contributed by atoms with Crippen LogP contribution in [-0.2, 0) is 34.3 Å². The van der Waals surface area contributed by atoms with Crippen LogP contribution in [0.1, 0.15) is 68.4 Å². The predicted octanol–water partition coefficient (Wildman–Crippen LogP) is 6.99. The van der Waals surface area contributed by atoms with Crippen LogP contribution in [0.2, 0.25) is 0 Å². The molecule has 1 aliphatic rings. The van der Waals surface area contributed by atoms with Crippen molar-refractivity contribution in [1.29, 1.82) is 0 Å². The first-order valence-electron chi connectivity index (χ1n) is 16.1. The summed E-state index contributed by atoms with van der Waals surface area (Å²) in [7, 11) is -7.26. The topological polar surface area (TPSA) is 153 Å². The van der Waals surface area contributed by atoms with Crippen molar-refractivity contribution in [2.75, 3.05) is 30.8 Å². The number of esters is 1. The number of halogens is 1. The molecule has 272 valence electrons. The van der Waals surface area contributed by atoms with Crippen molar-refractivity contribution < 1.29 is 36.0 Å². The predicted molar refractivity (Wildman–Crippen MR) is 196 cm³/mol. The largest absolute Gasteiger partial charge is 0.467 e. The van der Waals surface area contributed by atoms with Gasteiger partial charge in [-0.1, -0.05) is 48.4 Å². The number of sulfonamides is 2. The molecule has 2 atom stereocenters. The van der Waals surface area contributed by atoms with Gasteiger partial charge in [0.25, 0.3) is 5.69 Å². The van der Waals surface area contributed by atoms with Gasteiger partial charge in [-0.3, -0.25) is 14.4 Å². The average Bonchev–Trinajstić information content (AvgIpc) is 3.04. The number of ether oxygens (including phenoxy) is 2. The third-order valence-electron chi connectivity index (χ3n) is 8.68. The fraction of sp³-hybridized carbons (Fsp3) is 0.457. The number of piperidine rings is 1. The van der Waals surface area contributed by atoms with Crippen LogP contribution in [0.25, 0.3) is 11.1 Å². The summed E-state index contributed by atoms with van der Waals surface area (Å²) >= 11 is 3.70. The molecule has 0 spiro atoms. The highest BCUT2D eigenvalue weighted by Crippen LogP contribution is 2.47. The summed E-state index contributed by atoms with van der Waals surface area (Å²) in [5.74, 6) is -0.677. The van der Waals surface area contributed by atoms with E-state index in [-0.39, 0.29) is 18.8 Å². The van der Waals surface area contributed by atoms with E-state index in [1.807, 2.05) is 38.1 Å². The molecule has 0 saturated carbocycles. The lowest BCUT2D eigenvalue weighted by atomic mass is 9.87. The molecule has 0 radical (unpaired) electrons. The highest BCUT2D eigenvalue weighted by Gasteiger charge is 2.41. The number of nitro benzene ring substituents is 1. The first-order chi connectivity index (χ1) is 23.2. The van der Waals surface area contributed by atoms with Crippen molar-refractivity contribution in [1.82, 2.24) is 4.31 Å². The molecule has 0 aromatic heterocycles. The molecule has 0 bridgehead atoms. The van der Waals surface area contributed by atoms with Crippen molar-refractivity contribution in [2.24, 2.45) is 0 Å². The van der Waals surface area contributed by atoms with Gasteiger partial charge in [-0.15, -0.1) is 0 Å². The highest BCUT2D eigenvalue weighted by atomic mass is 79.9. The number of carbonyl (C=O) groups is 1. The van der Waals surface area contributed by atoms with Gasteiger partial charge in [0.1, 0.15) is 0 Å². The number of anilines is 1. The van der Waals surface area contributed by atoms with Crippen molar-refractivity contribution in [3.05, 3.63) is 85.4 Å². The highest BCUT2D eigenvalue weighted by molar-refractivity contribution is 9.10. The van der Waals surface area contributed by atoms with Gasteiger partial charge in [0.2, 0.25) is 20.0 Å². The standard InChI is InChI=1S/C35H44BrN3O9S2/c1-22-16-18-25(19-17-22)29-23(2)31(36)32(24(3)30(29)33(34(40)47-7)48-35(4,5)6)38(49(8,43)44)21-26-13-11-12-20-37(26)50(45,46)28-15-10-9-14-27(28)39(41)42/h9-10,14-19,26,33H,11-13,20-21H2,1-8H3/t26?,33-/m0/s1. The van der Waals surface area contributed by atoms with E-state index in [2.05, 4.69) is 15.9 Å². The molecule has 0 N–H and O–H groups in total. The SMILES string of the molecule is COC(=O)[C@@H](OC(C)(C)C)c1c(C)c(N(CC2CCCCN2S(=O)(=O)c2ccccc2[N+](=O)[O-])S(C)(=O)=O)c(Br)c(C)c1-c1ccc(C)cc1. The lowest BCUT2D eigenvalue weighted by Crippen LogP contribution is -2.50. The molecule has 1 fully saturated rings. The van der Waals surface area contributed by atoms with E-state index in [0.717, 1.165) is 27.8 Å². The number of hydrogen-bond donors (Lipinski definition) is 0. The Morgan fingerprint density at radius 2 is 1.66 bits per heavy atom. The van der Waals surface area contributed by atoms with Gasteiger partial charge < -0.3 is 9.47 Å². The number of rotatable bonds is 11. The molecule has 3 aromatic carbocycles. The molecule has 50 heavy (non-hydrogen) atoms. The monoisotopic (exact) mass is 793 g/mol. The number of carbonyl (C=O) groups excluding carboxylic acids is 1. The van der Waals surface area contributed by atoms with Crippen LogP contribution in [0.5, 0.6) is 0 Å². The Hall–Kier alpha value is -3.37. The second-order valence-corrected chi connectivity index (χ2v) is 18.0. The Kier molecular flexibility index (Phi) is 11.9. The van der Waals surface area contributed by atoms with E-state index in [1.54, 1.807) is 27.7 Å². The van der Waals surface area contributed by atoms with Gasteiger partial charge in [0.15, 0.2) is 11.0 Å². The second-order valence-electron chi connectivity index (χ2n) is 13.5. The maximum absolute atomic E-state index is 14.1. The summed E-state index contributed by atoms with van der Waals surface area (Å²) in [6.45, 7) is 10.6. The maximum Gasteiger partial charge on any atom is 0.339 e. The first-order valence-corrected chi connectivity index (χ1v) is 20.2. The maximum atomic E-state index is 14.1. The normalized spacial score (nSPS) is 16.5. The van der Waals surface area contributed by atoms with Gasteiger partial charge in [-0.25, -0.2) is 21.6 Å². The van der Waals surface area contributed by atoms with Crippen molar-refractivity contribution >= 4 is 53.3 Å². The number of benzene rings is 3. The summed E-state index contributed by atoms with van der Waals surface area (Å²) in [6.07, 6.45) is 1.21. The van der Waals surface area contributed by atoms with Gasteiger partial charge >= 0.3 is 5.97 Å². The lowest BCUT2D eigenvalue weighted by molar-refractivity contribution is -0.387. The molecular formula is C35H44BrN3O9S2. The zero-order chi connectivity index (χ0) is 37.3. The quantitative estimate of drug-likeness (QED) is 0.114. The molecule has 4 rings (SSSR count). The number of nitrogens with zero attached hydrogens (tertiary/aromatic N) is 3. The Labute approximate surface area is 303 Å². The van der Waals surface area contributed by atoms with E-state index >= 15 is 0 Å². The average molecular weight is 795 g/mol. The first kappa shape index (κ1) is 39.4. The molecule has 3 aromatic rings. The minimum absolute atomic E-state index is 0.0529. The van der Waals surface area contributed by atoms with Crippen LogP contribution in [-0.4, -0.2) is 70.1 Å². The molecule has 1 unspecified atom stereocenters. The zero-order valence-corrected chi connectivity index (χ0v) is 32.7. The summed E-state index contributed by atoms with van der Waals surface area (Å²) in [6, 6.07) is 12.0. The summed E-state index contributed by atoms with van der Waals surface area (Å²) in [4.78, 5) is 24.1. The molecule has 15 heteroatoms. The van der Waals surface area contributed by atoms with E-state index in [9.17, 15) is 31.7 Å². The Morgan fingerprint density at radius 1 is 1.04 bits per heavy atom. The van der Waals surface area contributed by atoms with Crippen LogP contribution in [0.15, 0.2) is 57.9 Å². The number of nitro groups is 1. The van der Waals surface area contributed by atoms with Gasteiger partial charge in [-0.05, 0) is 98.6 Å². The third-order valence-corrected chi connectivity index (χ3v) is 12.8. The number of aryl methyl sites for hydroxylation is 1. The van der Waals surface area contributed by atoms with Crippen molar-refractivity contribution in [3.63, 3.8) is 0 Å². The van der Waals surface area contributed by atoms with Crippen molar-refractivity contribution in [2.45, 2.75) is 83.4 Å². The Morgan fingerprint density at radius 3 is 2.22 bits per heavy atom. The summed E-state index contributed by atoms with van der Waals surface area (Å²) < 4.78 is 70.1. The number of methoxy groups -OCH3 is 1. The summed E-state index contributed by atoms with van der Waals surface area (Å²) in [5, 5.41) is 11.8. The molecule has 12 nitrogen and oxygen atoms in total. The number of para-hydroxylation sites is 1.